The van der Waals surface area contributed by atoms with E-state index in [4.69, 9.17) is 23.2 Å². The van der Waals surface area contributed by atoms with E-state index in [1.54, 1.807) is 12.1 Å². The third-order valence-electron chi connectivity index (χ3n) is 3.45. The highest BCUT2D eigenvalue weighted by Gasteiger charge is 2.12. The number of carbonyl (C=O) groups excluding carboxylic acids is 2. The molecule has 2 aromatic rings. The minimum absolute atomic E-state index is 0.0458. The molecular weight excluding hydrogens is 427 g/mol. The molecule has 2 amide bonds. The van der Waals surface area contributed by atoms with E-state index in [-0.39, 0.29) is 24.4 Å². The van der Waals surface area contributed by atoms with E-state index in [1.807, 2.05) is 31.2 Å². The number of nitrogens with one attached hydrogen (secondary N) is 2. The van der Waals surface area contributed by atoms with Crippen LogP contribution in [0.25, 0.3) is 0 Å². The van der Waals surface area contributed by atoms with Crippen molar-refractivity contribution in [3.8, 4) is 0 Å². The molecule has 0 aromatic heterocycles. The first kappa shape index (κ1) is 19.8. The lowest BCUT2D eigenvalue weighted by Crippen LogP contribution is -2.41. The van der Waals surface area contributed by atoms with Crippen LogP contribution in [0.5, 0.6) is 0 Å². The van der Waals surface area contributed by atoms with Crippen LogP contribution in [0.15, 0.2) is 46.9 Å². The molecule has 25 heavy (non-hydrogen) atoms. The lowest BCUT2D eigenvalue weighted by molar-refractivity contribution is -0.120. The summed E-state index contributed by atoms with van der Waals surface area (Å²) in [5.41, 5.74) is 1.47. The minimum atomic E-state index is -0.380. The van der Waals surface area contributed by atoms with Crippen molar-refractivity contribution >= 4 is 50.9 Å². The van der Waals surface area contributed by atoms with Crippen LogP contribution < -0.4 is 10.6 Å². The average Bonchev–Trinajstić information content (AvgIpc) is 2.57. The fourth-order valence-corrected chi connectivity index (χ4v) is 2.81. The molecular formula is C18H17BrCl2N2O2. The van der Waals surface area contributed by atoms with Gasteiger partial charge in [0.1, 0.15) is 0 Å². The zero-order valence-electron chi connectivity index (χ0n) is 13.5. The summed E-state index contributed by atoms with van der Waals surface area (Å²) in [6.45, 7) is 1.81. The van der Waals surface area contributed by atoms with Gasteiger partial charge in [0.2, 0.25) is 5.91 Å². The van der Waals surface area contributed by atoms with Gasteiger partial charge in [-0.1, -0.05) is 51.3 Å². The van der Waals surface area contributed by atoms with Gasteiger partial charge in [-0.05, 0) is 49.2 Å². The number of benzene rings is 2. The Kier molecular flexibility index (Phi) is 7.29. The van der Waals surface area contributed by atoms with E-state index in [9.17, 15) is 9.59 Å². The van der Waals surface area contributed by atoms with Crippen molar-refractivity contribution in [3.63, 3.8) is 0 Å². The van der Waals surface area contributed by atoms with Gasteiger partial charge in [0.25, 0.3) is 5.91 Å². The zero-order chi connectivity index (χ0) is 18.4. The Labute approximate surface area is 165 Å². The van der Waals surface area contributed by atoms with Crippen LogP contribution in [0.2, 0.25) is 10.0 Å². The summed E-state index contributed by atoms with van der Waals surface area (Å²) in [6, 6.07) is 12.4. The Morgan fingerprint density at radius 2 is 1.76 bits per heavy atom. The topological polar surface area (TPSA) is 58.2 Å². The summed E-state index contributed by atoms with van der Waals surface area (Å²) < 4.78 is 1.01. The van der Waals surface area contributed by atoms with Crippen LogP contribution in [-0.4, -0.2) is 24.4 Å². The number of amides is 2. The molecule has 2 rings (SSSR count). The second kappa shape index (κ2) is 9.22. The Hall–Kier alpha value is -1.56. The predicted octanol–water partition coefficient (Wildman–Crippen LogP) is 4.23. The molecule has 0 fully saturated rings. The fourth-order valence-electron chi connectivity index (χ4n) is 2.25. The highest BCUT2D eigenvalue weighted by molar-refractivity contribution is 9.10. The largest absolute Gasteiger partial charge is 0.352 e. The number of hydrogen-bond donors (Lipinski definition) is 2. The van der Waals surface area contributed by atoms with Crippen molar-refractivity contribution in [2.45, 2.75) is 19.4 Å². The molecule has 0 aliphatic rings. The van der Waals surface area contributed by atoms with Gasteiger partial charge >= 0.3 is 0 Å². The summed E-state index contributed by atoms with van der Waals surface area (Å²) in [7, 11) is 0. The van der Waals surface area contributed by atoms with Crippen molar-refractivity contribution in [2.24, 2.45) is 0 Å². The molecule has 4 nitrogen and oxygen atoms in total. The van der Waals surface area contributed by atoms with Gasteiger partial charge in [-0.2, -0.15) is 0 Å². The molecule has 0 heterocycles. The molecule has 1 atom stereocenters. The van der Waals surface area contributed by atoms with Gasteiger partial charge in [0.15, 0.2) is 0 Å². The van der Waals surface area contributed by atoms with E-state index in [1.165, 1.54) is 6.07 Å². The molecule has 0 aliphatic heterocycles. The monoisotopic (exact) mass is 442 g/mol. The van der Waals surface area contributed by atoms with Crippen LogP contribution in [0.1, 0.15) is 22.8 Å². The van der Waals surface area contributed by atoms with Crippen LogP contribution in [0.3, 0.4) is 0 Å². The van der Waals surface area contributed by atoms with E-state index < -0.39 is 0 Å². The highest BCUT2D eigenvalue weighted by Crippen LogP contribution is 2.22. The van der Waals surface area contributed by atoms with Gasteiger partial charge in [0, 0.05) is 16.1 Å². The molecule has 0 aliphatic carbocycles. The number of hydrogen-bond acceptors (Lipinski definition) is 2. The molecule has 2 N–H and O–H groups in total. The van der Waals surface area contributed by atoms with Crippen molar-refractivity contribution in [2.75, 3.05) is 6.54 Å². The van der Waals surface area contributed by atoms with Crippen molar-refractivity contribution in [3.05, 3.63) is 68.1 Å². The maximum Gasteiger partial charge on any atom is 0.251 e. The molecule has 0 bridgehead atoms. The van der Waals surface area contributed by atoms with E-state index in [0.717, 1.165) is 10.0 Å². The van der Waals surface area contributed by atoms with Crippen LogP contribution in [-0.2, 0) is 11.2 Å². The van der Waals surface area contributed by atoms with E-state index >= 15 is 0 Å². The molecule has 7 heteroatoms. The number of carbonyl (C=O) groups is 2. The molecule has 0 spiro atoms. The van der Waals surface area contributed by atoms with E-state index in [2.05, 4.69) is 26.6 Å². The number of rotatable bonds is 6. The molecule has 132 valence electrons. The van der Waals surface area contributed by atoms with Gasteiger partial charge in [-0.15, -0.1) is 0 Å². The third-order valence-corrected chi connectivity index (χ3v) is 4.72. The van der Waals surface area contributed by atoms with Gasteiger partial charge in [-0.25, -0.2) is 0 Å². The van der Waals surface area contributed by atoms with Crippen molar-refractivity contribution in [1.82, 2.24) is 10.6 Å². The standard InChI is InChI=1S/C18H17BrCl2N2O2/c1-11(8-12-2-5-14(19)6-3-12)23-17(24)10-22-18(25)13-4-7-15(20)16(21)9-13/h2-7,9,11H,8,10H2,1H3,(H,22,25)(H,23,24). The Bertz CT molecular complexity index is 766. The molecule has 2 aromatic carbocycles. The Morgan fingerprint density at radius 1 is 1.08 bits per heavy atom. The summed E-state index contributed by atoms with van der Waals surface area (Å²) in [5, 5.41) is 6.09. The molecule has 0 radical (unpaired) electrons. The second-order valence-electron chi connectivity index (χ2n) is 5.61. The predicted molar refractivity (Wildman–Crippen MR) is 104 cm³/mol. The Morgan fingerprint density at radius 3 is 2.40 bits per heavy atom. The van der Waals surface area contributed by atoms with Crippen LogP contribution in [0.4, 0.5) is 0 Å². The first-order chi connectivity index (χ1) is 11.8. The average molecular weight is 444 g/mol. The Balaban J connectivity index is 1.80. The van der Waals surface area contributed by atoms with Crippen molar-refractivity contribution in [1.29, 1.82) is 0 Å². The zero-order valence-corrected chi connectivity index (χ0v) is 16.6. The smallest absolute Gasteiger partial charge is 0.251 e. The lowest BCUT2D eigenvalue weighted by atomic mass is 10.1. The maximum absolute atomic E-state index is 12.0. The molecule has 1 unspecified atom stereocenters. The summed E-state index contributed by atoms with van der Waals surface area (Å²) in [6.07, 6.45) is 0.708. The maximum atomic E-state index is 12.0. The molecule has 0 saturated carbocycles. The summed E-state index contributed by atoms with van der Waals surface area (Å²) in [4.78, 5) is 24.0. The highest BCUT2D eigenvalue weighted by atomic mass is 79.9. The normalized spacial score (nSPS) is 11.7. The second-order valence-corrected chi connectivity index (χ2v) is 7.34. The lowest BCUT2D eigenvalue weighted by Gasteiger charge is -2.14. The van der Waals surface area contributed by atoms with Gasteiger partial charge < -0.3 is 10.6 Å². The SMILES string of the molecule is CC(Cc1ccc(Br)cc1)NC(=O)CNC(=O)c1ccc(Cl)c(Cl)c1. The number of halogens is 3. The van der Waals surface area contributed by atoms with Crippen molar-refractivity contribution < 1.29 is 9.59 Å². The summed E-state index contributed by atoms with van der Waals surface area (Å²) >= 11 is 15.1. The quantitative estimate of drug-likeness (QED) is 0.701. The first-order valence-corrected chi connectivity index (χ1v) is 9.17. The first-order valence-electron chi connectivity index (χ1n) is 7.62. The summed E-state index contributed by atoms with van der Waals surface area (Å²) in [5.74, 6) is -0.632. The van der Waals surface area contributed by atoms with E-state index in [0.29, 0.717) is 22.0 Å². The van der Waals surface area contributed by atoms with Crippen LogP contribution >= 0.6 is 39.1 Å². The van der Waals surface area contributed by atoms with Gasteiger partial charge in [-0.3, -0.25) is 9.59 Å². The third kappa shape index (κ3) is 6.34. The molecule has 0 saturated heterocycles. The minimum Gasteiger partial charge on any atom is -0.352 e. The van der Waals surface area contributed by atoms with Crippen LogP contribution in [0, 0.1) is 0 Å². The fraction of sp³-hybridized carbons (Fsp3) is 0.222. The van der Waals surface area contributed by atoms with Gasteiger partial charge in [0.05, 0.1) is 16.6 Å².